The summed E-state index contributed by atoms with van der Waals surface area (Å²) in [5.41, 5.74) is 0. The highest BCUT2D eigenvalue weighted by molar-refractivity contribution is 4.84. The van der Waals surface area contributed by atoms with Gasteiger partial charge in [-0.25, -0.2) is 0 Å². The molecule has 0 bridgehead atoms. The number of hydrogen-bond acceptors (Lipinski definition) is 2. The second kappa shape index (κ2) is 5.19. The average molecular weight is 156 g/mol. The van der Waals surface area contributed by atoms with Gasteiger partial charge >= 0.3 is 0 Å². The summed E-state index contributed by atoms with van der Waals surface area (Å²) in [6.07, 6.45) is 10.5. The van der Waals surface area contributed by atoms with E-state index in [9.17, 15) is 0 Å². The SMILES string of the molecule is COOC=CC1CCCCC1. The first-order chi connectivity index (χ1) is 5.43. The van der Waals surface area contributed by atoms with E-state index in [4.69, 9.17) is 0 Å². The fourth-order valence-electron chi connectivity index (χ4n) is 1.53. The van der Waals surface area contributed by atoms with Gasteiger partial charge in [0.2, 0.25) is 0 Å². The molecule has 0 spiro atoms. The van der Waals surface area contributed by atoms with Gasteiger partial charge in [-0.05, 0) is 24.8 Å². The lowest BCUT2D eigenvalue weighted by Gasteiger charge is -2.17. The van der Waals surface area contributed by atoms with Crippen molar-refractivity contribution < 1.29 is 9.78 Å². The van der Waals surface area contributed by atoms with E-state index < -0.39 is 0 Å². The minimum Gasteiger partial charge on any atom is -0.346 e. The third-order valence-corrected chi connectivity index (χ3v) is 2.15. The van der Waals surface area contributed by atoms with Crippen molar-refractivity contribution in [3.8, 4) is 0 Å². The van der Waals surface area contributed by atoms with Gasteiger partial charge < -0.3 is 4.89 Å². The molecule has 0 radical (unpaired) electrons. The van der Waals surface area contributed by atoms with Crippen LogP contribution in [-0.2, 0) is 9.78 Å². The highest BCUT2D eigenvalue weighted by atomic mass is 17.2. The molecule has 0 aromatic rings. The lowest BCUT2D eigenvalue weighted by molar-refractivity contribution is -0.223. The predicted octanol–water partition coefficient (Wildman–Crippen LogP) is 2.66. The summed E-state index contributed by atoms with van der Waals surface area (Å²) in [6, 6.07) is 0. The lowest BCUT2D eigenvalue weighted by Crippen LogP contribution is -2.02. The summed E-state index contributed by atoms with van der Waals surface area (Å²) in [7, 11) is 1.52. The van der Waals surface area contributed by atoms with Crippen LogP contribution in [0.2, 0.25) is 0 Å². The Morgan fingerprint density at radius 2 is 1.91 bits per heavy atom. The van der Waals surface area contributed by atoms with Gasteiger partial charge in [0.05, 0.1) is 7.11 Å². The second-order valence-corrected chi connectivity index (χ2v) is 2.99. The molecule has 1 aliphatic carbocycles. The lowest BCUT2D eigenvalue weighted by atomic mass is 9.89. The molecule has 1 saturated carbocycles. The monoisotopic (exact) mass is 156 g/mol. The Morgan fingerprint density at radius 3 is 2.55 bits per heavy atom. The van der Waals surface area contributed by atoms with Crippen LogP contribution in [0.5, 0.6) is 0 Å². The molecule has 0 N–H and O–H groups in total. The Hall–Kier alpha value is -0.500. The van der Waals surface area contributed by atoms with Gasteiger partial charge in [-0.3, -0.25) is 0 Å². The number of allylic oxidation sites excluding steroid dienone is 1. The van der Waals surface area contributed by atoms with Gasteiger partial charge in [0, 0.05) is 0 Å². The molecule has 0 saturated heterocycles. The van der Waals surface area contributed by atoms with Crippen LogP contribution in [0.25, 0.3) is 0 Å². The van der Waals surface area contributed by atoms with Gasteiger partial charge in [-0.15, -0.1) is 0 Å². The predicted molar refractivity (Wildman–Crippen MR) is 43.8 cm³/mol. The van der Waals surface area contributed by atoms with Crippen LogP contribution in [0.1, 0.15) is 32.1 Å². The summed E-state index contributed by atoms with van der Waals surface area (Å²) < 4.78 is 0. The minimum absolute atomic E-state index is 0.721. The molecule has 2 nitrogen and oxygen atoms in total. The Bertz CT molecular complexity index is 115. The largest absolute Gasteiger partial charge is 0.346 e. The van der Waals surface area contributed by atoms with Crippen molar-refractivity contribution in [3.63, 3.8) is 0 Å². The molecule has 11 heavy (non-hydrogen) atoms. The molecule has 0 aromatic carbocycles. The van der Waals surface area contributed by atoms with Gasteiger partial charge in [0.25, 0.3) is 0 Å². The Balaban J connectivity index is 2.13. The van der Waals surface area contributed by atoms with Gasteiger partial charge in [-0.2, -0.15) is 4.89 Å². The highest BCUT2D eigenvalue weighted by Crippen LogP contribution is 2.24. The van der Waals surface area contributed by atoms with Crippen LogP contribution in [0.3, 0.4) is 0 Å². The van der Waals surface area contributed by atoms with Gasteiger partial charge in [0.1, 0.15) is 6.26 Å². The van der Waals surface area contributed by atoms with E-state index in [1.165, 1.54) is 39.2 Å². The molecule has 1 rings (SSSR count). The Morgan fingerprint density at radius 1 is 1.18 bits per heavy atom. The van der Waals surface area contributed by atoms with E-state index in [1.807, 2.05) is 0 Å². The summed E-state index contributed by atoms with van der Waals surface area (Å²) in [4.78, 5) is 9.10. The van der Waals surface area contributed by atoms with Crippen molar-refractivity contribution in [2.45, 2.75) is 32.1 Å². The molecule has 2 heteroatoms. The van der Waals surface area contributed by atoms with Gasteiger partial charge in [-0.1, -0.05) is 19.3 Å². The van der Waals surface area contributed by atoms with Crippen molar-refractivity contribution in [2.24, 2.45) is 5.92 Å². The van der Waals surface area contributed by atoms with Crippen LogP contribution >= 0.6 is 0 Å². The summed E-state index contributed by atoms with van der Waals surface area (Å²) in [5.74, 6) is 0.721. The quantitative estimate of drug-likeness (QED) is 0.355. The third kappa shape index (κ3) is 3.42. The van der Waals surface area contributed by atoms with E-state index in [0.29, 0.717) is 0 Å². The maximum absolute atomic E-state index is 4.66. The normalized spacial score (nSPS) is 20.8. The smallest absolute Gasteiger partial charge is 0.125 e. The van der Waals surface area contributed by atoms with Crippen LogP contribution in [-0.4, -0.2) is 7.11 Å². The second-order valence-electron chi connectivity index (χ2n) is 2.99. The standard InChI is InChI=1S/C9H16O2/c1-10-11-8-7-9-5-3-2-4-6-9/h7-9H,2-6H2,1H3. The highest BCUT2D eigenvalue weighted by Gasteiger charge is 2.09. The van der Waals surface area contributed by atoms with Crippen LogP contribution in [0, 0.1) is 5.92 Å². The fraction of sp³-hybridized carbons (Fsp3) is 0.778. The zero-order valence-corrected chi connectivity index (χ0v) is 7.08. The zero-order chi connectivity index (χ0) is 7.94. The van der Waals surface area contributed by atoms with Crippen LogP contribution in [0.15, 0.2) is 12.3 Å². The van der Waals surface area contributed by atoms with E-state index in [1.54, 1.807) is 6.26 Å². The number of hydrogen-bond donors (Lipinski definition) is 0. The summed E-state index contributed by atoms with van der Waals surface area (Å²) >= 11 is 0. The zero-order valence-electron chi connectivity index (χ0n) is 7.08. The third-order valence-electron chi connectivity index (χ3n) is 2.15. The molecule has 0 unspecified atom stereocenters. The summed E-state index contributed by atoms with van der Waals surface area (Å²) in [6.45, 7) is 0. The first-order valence-electron chi connectivity index (χ1n) is 4.29. The molecular formula is C9H16O2. The molecule has 0 aromatic heterocycles. The van der Waals surface area contributed by atoms with Gasteiger partial charge in [0.15, 0.2) is 0 Å². The topological polar surface area (TPSA) is 18.5 Å². The molecule has 0 atom stereocenters. The van der Waals surface area contributed by atoms with E-state index >= 15 is 0 Å². The molecule has 1 fully saturated rings. The molecule has 0 heterocycles. The van der Waals surface area contributed by atoms with Crippen molar-refractivity contribution in [2.75, 3.05) is 7.11 Å². The van der Waals surface area contributed by atoms with E-state index in [0.717, 1.165) is 5.92 Å². The van der Waals surface area contributed by atoms with Crippen molar-refractivity contribution >= 4 is 0 Å². The van der Waals surface area contributed by atoms with Crippen LogP contribution < -0.4 is 0 Å². The van der Waals surface area contributed by atoms with Crippen molar-refractivity contribution in [3.05, 3.63) is 12.3 Å². The van der Waals surface area contributed by atoms with Crippen molar-refractivity contribution in [1.82, 2.24) is 0 Å². The molecular weight excluding hydrogens is 140 g/mol. The Labute approximate surface area is 68.1 Å². The van der Waals surface area contributed by atoms with E-state index in [2.05, 4.69) is 15.9 Å². The summed E-state index contributed by atoms with van der Waals surface area (Å²) in [5, 5.41) is 0. The molecule has 0 aliphatic heterocycles. The minimum atomic E-state index is 0.721. The average Bonchev–Trinajstić information content (AvgIpc) is 2.07. The van der Waals surface area contributed by atoms with E-state index in [-0.39, 0.29) is 0 Å². The molecule has 1 aliphatic rings. The maximum atomic E-state index is 4.66. The fourth-order valence-corrected chi connectivity index (χ4v) is 1.53. The maximum Gasteiger partial charge on any atom is 0.125 e. The molecule has 0 amide bonds. The van der Waals surface area contributed by atoms with Crippen LogP contribution in [0.4, 0.5) is 0 Å². The first-order valence-corrected chi connectivity index (χ1v) is 4.29. The van der Waals surface area contributed by atoms with Crippen molar-refractivity contribution in [1.29, 1.82) is 0 Å². The number of rotatable bonds is 3. The first kappa shape index (κ1) is 8.60. The molecule has 64 valence electrons. The Kier molecular flexibility index (Phi) is 4.06.